The first kappa shape index (κ1) is 13.5. The average molecular weight is 330 g/mol. The van der Waals surface area contributed by atoms with Crippen LogP contribution >= 0.6 is 46.4 Å². The minimum absolute atomic E-state index is 0.0193. The van der Waals surface area contributed by atoms with Gasteiger partial charge in [-0.15, -0.1) is 0 Å². The Kier molecular flexibility index (Phi) is 3.00. The molecule has 0 aromatic rings. The zero-order valence-corrected chi connectivity index (χ0v) is 12.5. The highest BCUT2D eigenvalue weighted by Gasteiger charge is 2.65. The van der Waals surface area contributed by atoms with E-state index >= 15 is 0 Å². The van der Waals surface area contributed by atoms with Crippen molar-refractivity contribution < 1.29 is 9.59 Å². The zero-order valence-electron chi connectivity index (χ0n) is 9.47. The monoisotopic (exact) mass is 328 g/mol. The number of halogens is 4. The molecule has 3 aliphatic carbocycles. The van der Waals surface area contributed by atoms with E-state index < -0.39 is 8.67 Å². The molecule has 100 valence electrons. The number of alkyl halides is 4. The van der Waals surface area contributed by atoms with Gasteiger partial charge in [-0.2, -0.15) is 0 Å². The van der Waals surface area contributed by atoms with Crippen LogP contribution in [0.3, 0.4) is 0 Å². The van der Waals surface area contributed by atoms with Gasteiger partial charge in [0.15, 0.2) is 20.2 Å². The summed E-state index contributed by atoms with van der Waals surface area (Å²) in [5.74, 6) is -0.403. The molecule has 3 rings (SSSR count). The van der Waals surface area contributed by atoms with Gasteiger partial charge in [-0.05, 0) is 25.7 Å². The van der Waals surface area contributed by atoms with Crippen LogP contribution in [-0.2, 0) is 9.59 Å². The summed E-state index contributed by atoms with van der Waals surface area (Å²) in [4.78, 5) is 23.6. The molecule has 0 aromatic carbocycles. The van der Waals surface area contributed by atoms with Crippen LogP contribution in [0.25, 0.3) is 0 Å². The summed E-state index contributed by atoms with van der Waals surface area (Å²) in [6, 6.07) is 0. The first-order valence-electron chi connectivity index (χ1n) is 6.12. The van der Waals surface area contributed by atoms with Crippen LogP contribution in [-0.4, -0.2) is 20.2 Å². The summed E-state index contributed by atoms with van der Waals surface area (Å²) in [7, 11) is 0. The fourth-order valence-corrected chi connectivity index (χ4v) is 5.29. The van der Waals surface area contributed by atoms with Crippen molar-refractivity contribution in [1.82, 2.24) is 0 Å². The number of Topliss-reactive ketones (excluding diaryl/α,β-unsaturated/α-hetero) is 2. The molecule has 0 aromatic heterocycles. The van der Waals surface area contributed by atoms with Gasteiger partial charge in [0.1, 0.15) is 0 Å². The molecule has 0 spiro atoms. The standard InChI is InChI=1S/C12H12Cl4O2/c13-11(14)7-3-4-8-6(10(18)12(8,15)16)2-1-5(7)9(11)17/h5-8H,1-4H2/t5-,6-,7-,8-/m1/s1. The highest BCUT2D eigenvalue weighted by Crippen LogP contribution is 2.60. The summed E-state index contributed by atoms with van der Waals surface area (Å²) in [5, 5.41) is 0. The van der Waals surface area contributed by atoms with E-state index in [2.05, 4.69) is 0 Å². The van der Waals surface area contributed by atoms with Gasteiger partial charge in [0.2, 0.25) is 0 Å². The van der Waals surface area contributed by atoms with Crippen molar-refractivity contribution in [3.63, 3.8) is 0 Å². The summed E-state index contributed by atoms with van der Waals surface area (Å²) in [5.41, 5.74) is 0. The summed E-state index contributed by atoms with van der Waals surface area (Å²) < 4.78 is -2.49. The molecule has 3 aliphatic rings. The van der Waals surface area contributed by atoms with Crippen LogP contribution in [0.4, 0.5) is 0 Å². The van der Waals surface area contributed by atoms with Crippen molar-refractivity contribution >= 4 is 58.0 Å². The van der Waals surface area contributed by atoms with Crippen LogP contribution in [0.5, 0.6) is 0 Å². The normalized spacial score (nSPS) is 44.9. The summed E-state index contributed by atoms with van der Waals surface area (Å²) in [6.45, 7) is 0. The number of ketones is 2. The number of hydrogen-bond donors (Lipinski definition) is 0. The lowest BCUT2D eigenvalue weighted by molar-refractivity contribution is -0.144. The first-order valence-corrected chi connectivity index (χ1v) is 7.63. The van der Waals surface area contributed by atoms with Crippen LogP contribution in [0.15, 0.2) is 0 Å². The SMILES string of the molecule is O=C1[C@@H]2CC[C@H]3C(=O)C(Cl)(Cl)[C@@H]3CC[C@H]2C1(Cl)Cl. The van der Waals surface area contributed by atoms with E-state index in [0.717, 1.165) is 0 Å². The third kappa shape index (κ3) is 1.55. The van der Waals surface area contributed by atoms with E-state index in [9.17, 15) is 9.59 Å². The molecule has 0 heterocycles. The van der Waals surface area contributed by atoms with Gasteiger partial charge >= 0.3 is 0 Å². The molecule has 0 saturated heterocycles. The van der Waals surface area contributed by atoms with Gasteiger partial charge in [0.05, 0.1) is 0 Å². The zero-order chi connectivity index (χ0) is 13.3. The van der Waals surface area contributed by atoms with E-state index in [1.807, 2.05) is 0 Å². The lowest BCUT2D eigenvalue weighted by Crippen LogP contribution is -2.61. The van der Waals surface area contributed by atoms with Gasteiger partial charge < -0.3 is 0 Å². The second-order valence-electron chi connectivity index (χ2n) is 5.56. The number of rotatable bonds is 0. The maximum Gasteiger partial charge on any atom is 0.179 e. The summed E-state index contributed by atoms with van der Waals surface area (Å²) in [6.07, 6.45) is 2.75. The average Bonchev–Trinajstić information content (AvgIpc) is 2.28. The Morgan fingerprint density at radius 2 is 1.06 bits per heavy atom. The van der Waals surface area contributed by atoms with Crippen molar-refractivity contribution in [2.24, 2.45) is 23.7 Å². The van der Waals surface area contributed by atoms with Gasteiger partial charge in [-0.1, -0.05) is 46.4 Å². The van der Waals surface area contributed by atoms with Crippen molar-refractivity contribution in [2.75, 3.05) is 0 Å². The van der Waals surface area contributed by atoms with Crippen LogP contribution < -0.4 is 0 Å². The van der Waals surface area contributed by atoms with E-state index in [1.165, 1.54) is 0 Å². The minimum atomic E-state index is -1.24. The van der Waals surface area contributed by atoms with E-state index in [1.54, 1.807) is 0 Å². The van der Waals surface area contributed by atoms with Gasteiger partial charge in [0.25, 0.3) is 0 Å². The topological polar surface area (TPSA) is 34.1 Å². The number of hydrogen-bond acceptors (Lipinski definition) is 2. The number of fused-ring (bicyclic) bond motifs is 2. The molecular formula is C12H12Cl4O2. The molecule has 0 bridgehead atoms. The molecule has 4 atom stereocenters. The van der Waals surface area contributed by atoms with Crippen molar-refractivity contribution in [2.45, 2.75) is 34.3 Å². The fraction of sp³-hybridized carbons (Fsp3) is 0.833. The highest BCUT2D eigenvalue weighted by atomic mass is 35.5. The molecule has 18 heavy (non-hydrogen) atoms. The molecule has 0 aliphatic heterocycles. The second kappa shape index (κ2) is 4.00. The predicted octanol–water partition coefficient (Wildman–Crippen LogP) is 3.54. The molecular weight excluding hydrogens is 318 g/mol. The predicted molar refractivity (Wildman–Crippen MR) is 71.3 cm³/mol. The fourth-order valence-electron chi connectivity index (χ4n) is 3.69. The largest absolute Gasteiger partial charge is 0.296 e. The van der Waals surface area contributed by atoms with Gasteiger partial charge in [-0.25, -0.2) is 0 Å². The Morgan fingerprint density at radius 1 is 0.722 bits per heavy atom. The van der Waals surface area contributed by atoms with Gasteiger partial charge in [-0.3, -0.25) is 9.59 Å². The minimum Gasteiger partial charge on any atom is -0.296 e. The number of carbonyl (C=O) groups excluding carboxylic acids is 2. The van der Waals surface area contributed by atoms with Crippen molar-refractivity contribution in [3.8, 4) is 0 Å². The third-order valence-electron chi connectivity index (χ3n) is 4.81. The quantitative estimate of drug-likeness (QED) is 0.637. The molecule has 0 radical (unpaired) electrons. The summed E-state index contributed by atoms with van der Waals surface area (Å²) >= 11 is 24.2. The Hall–Kier alpha value is 0.500. The van der Waals surface area contributed by atoms with Crippen LogP contribution in [0.2, 0.25) is 0 Å². The van der Waals surface area contributed by atoms with E-state index in [4.69, 9.17) is 46.4 Å². The molecule has 3 saturated carbocycles. The molecule has 0 amide bonds. The van der Waals surface area contributed by atoms with E-state index in [-0.39, 0.29) is 35.2 Å². The highest BCUT2D eigenvalue weighted by molar-refractivity contribution is 6.61. The third-order valence-corrected chi connectivity index (χ3v) is 6.68. The Bertz CT molecular complexity index is 392. The molecule has 2 nitrogen and oxygen atoms in total. The van der Waals surface area contributed by atoms with E-state index in [0.29, 0.717) is 25.7 Å². The van der Waals surface area contributed by atoms with Crippen molar-refractivity contribution in [1.29, 1.82) is 0 Å². The maximum absolute atomic E-state index is 11.8. The molecule has 0 N–H and O–H groups in total. The smallest absolute Gasteiger partial charge is 0.179 e. The lowest BCUT2D eigenvalue weighted by Gasteiger charge is -2.53. The van der Waals surface area contributed by atoms with Gasteiger partial charge in [0, 0.05) is 23.7 Å². The maximum atomic E-state index is 11.8. The van der Waals surface area contributed by atoms with Crippen molar-refractivity contribution in [3.05, 3.63) is 0 Å². The number of carbonyl (C=O) groups is 2. The lowest BCUT2D eigenvalue weighted by atomic mass is 9.58. The first-order chi connectivity index (χ1) is 8.28. The Balaban J connectivity index is 1.78. The Morgan fingerprint density at radius 3 is 1.39 bits per heavy atom. The van der Waals surface area contributed by atoms with Crippen LogP contribution in [0, 0.1) is 23.7 Å². The molecule has 0 unspecified atom stereocenters. The molecule has 3 fully saturated rings. The molecule has 6 heteroatoms. The van der Waals surface area contributed by atoms with Crippen LogP contribution in [0.1, 0.15) is 25.7 Å². The second-order valence-corrected chi connectivity index (χ2v) is 8.33. The Labute approximate surface area is 125 Å².